The number of pyridine rings is 1. The van der Waals surface area contributed by atoms with Gasteiger partial charge in [-0.2, -0.15) is 5.17 Å². The van der Waals surface area contributed by atoms with E-state index in [1.807, 2.05) is 26.0 Å². The number of benzene rings is 1. The molecule has 1 aromatic carbocycles. The molecule has 2 aromatic rings. The van der Waals surface area contributed by atoms with E-state index in [4.69, 9.17) is 16.3 Å². The molecule has 2 N–H and O–H groups in total. The largest absolute Gasteiger partial charge is 0.479 e. The minimum atomic E-state index is 0.336. The van der Waals surface area contributed by atoms with Gasteiger partial charge in [0.25, 0.3) is 0 Å². The fourth-order valence-electron chi connectivity index (χ4n) is 2.20. The minimum Gasteiger partial charge on any atom is -0.479 e. The normalized spacial score (nSPS) is 10.5. The van der Waals surface area contributed by atoms with Gasteiger partial charge in [-0.25, -0.2) is 4.98 Å². The quantitative estimate of drug-likeness (QED) is 0.679. The number of anilines is 2. The molecule has 5 nitrogen and oxygen atoms in total. The molecule has 0 saturated heterocycles. The number of hydrogen-bond donors (Lipinski definition) is 2. The van der Waals surface area contributed by atoms with E-state index in [0.717, 1.165) is 39.3 Å². The lowest BCUT2D eigenvalue weighted by Gasteiger charge is -2.23. The molecule has 23 heavy (non-hydrogen) atoms. The fraction of sp³-hybridized carbons (Fsp3) is 0.312. The Morgan fingerprint density at radius 1 is 1.35 bits per heavy atom. The predicted octanol–water partition coefficient (Wildman–Crippen LogP) is 4.85. The zero-order valence-electron chi connectivity index (χ0n) is 13.2. The average Bonchev–Trinajstić information content (AvgIpc) is 2.57. The van der Waals surface area contributed by atoms with Crippen molar-refractivity contribution in [1.29, 1.82) is 0 Å². The number of halogens is 2. The number of rotatable bonds is 6. The third kappa shape index (κ3) is 3.88. The van der Waals surface area contributed by atoms with Crippen LogP contribution in [0.15, 0.2) is 28.9 Å². The highest BCUT2D eigenvalue weighted by Crippen LogP contribution is 2.34. The molecule has 2 rings (SSSR count). The lowest BCUT2D eigenvalue weighted by Crippen LogP contribution is -2.27. The molecule has 0 aliphatic rings. The number of nitrogens with zero attached hydrogens (tertiary/aromatic N) is 2. The summed E-state index contributed by atoms with van der Waals surface area (Å²) in [6.45, 7) is 4.04. The number of aryl methyl sites for hydroxylation is 1. The van der Waals surface area contributed by atoms with Gasteiger partial charge in [0.1, 0.15) is 5.69 Å². The van der Waals surface area contributed by atoms with Crippen molar-refractivity contribution in [3.8, 4) is 5.88 Å². The van der Waals surface area contributed by atoms with Crippen LogP contribution in [0.4, 0.5) is 11.4 Å². The molecule has 0 atom stereocenters. The third-order valence-electron chi connectivity index (χ3n) is 3.49. The second kappa shape index (κ2) is 7.86. The zero-order valence-corrected chi connectivity index (χ0v) is 15.6. The summed E-state index contributed by atoms with van der Waals surface area (Å²) in [6, 6.07) is 5.41. The van der Waals surface area contributed by atoms with Crippen LogP contribution in [0.2, 0.25) is 5.02 Å². The fourth-order valence-corrected chi connectivity index (χ4v) is 3.01. The van der Waals surface area contributed by atoms with Crippen LogP contribution in [0.3, 0.4) is 0 Å². The van der Waals surface area contributed by atoms with Crippen molar-refractivity contribution in [3.63, 3.8) is 0 Å². The highest BCUT2D eigenvalue weighted by atomic mass is 79.9. The Bertz CT molecular complexity index is 697. The van der Waals surface area contributed by atoms with E-state index < -0.39 is 0 Å². The molecule has 0 aliphatic carbocycles. The van der Waals surface area contributed by atoms with Crippen molar-refractivity contribution in [2.75, 3.05) is 17.7 Å². The molecule has 1 heterocycles. The molecule has 0 saturated carbocycles. The van der Waals surface area contributed by atoms with E-state index in [2.05, 4.69) is 26.3 Å². The maximum atomic E-state index is 10.4. The van der Waals surface area contributed by atoms with Crippen molar-refractivity contribution < 1.29 is 9.94 Å². The van der Waals surface area contributed by atoms with E-state index in [0.29, 0.717) is 16.6 Å². The first-order valence-corrected chi connectivity index (χ1v) is 8.44. The summed E-state index contributed by atoms with van der Waals surface area (Å²) in [6.07, 6.45) is 3.29. The van der Waals surface area contributed by atoms with Gasteiger partial charge in [-0.1, -0.05) is 25.4 Å². The number of hydrogen-bond acceptors (Lipinski definition) is 5. The molecular weight excluding hydrogens is 382 g/mol. The van der Waals surface area contributed by atoms with Gasteiger partial charge in [-0.05, 0) is 58.1 Å². The Labute approximate surface area is 149 Å². The van der Waals surface area contributed by atoms with Gasteiger partial charge in [0.2, 0.25) is 5.88 Å². The monoisotopic (exact) mass is 399 g/mol. The lowest BCUT2D eigenvalue weighted by molar-refractivity contribution is 0.270. The molecular formula is C16H19BrClN3O2. The lowest BCUT2D eigenvalue weighted by atomic mass is 10.1. The molecule has 0 fully saturated rings. The first-order chi connectivity index (χ1) is 11.0. The summed E-state index contributed by atoms with van der Waals surface area (Å²) in [5.41, 5.74) is 6.10. The van der Waals surface area contributed by atoms with Crippen LogP contribution in [0.25, 0.3) is 0 Å². The molecule has 7 heteroatoms. The Morgan fingerprint density at radius 2 is 2.09 bits per heavy atom. The van der Waals surface area contributed by atoms with Crippen molar-refractivity contribution in [1.82, 2.24) is 4.98 Å². The van der Waals surface area contributed by atoms with Crippen molar-refractivity contribution in [2.45, 2.75) is 26.7 Å². The van der Waals surface area contributed by atoms with Crippen LogP contribution < -0.4 is 15.3 Å². The van der Waals surface area contributed by atoms with E-state index in [1.54, 1.807) is 12.3 Å². The van der Waals surface area contributed by atoms with Gasteiger partial charge in [0.15, 0.2) is 0 Å². The Balaban J connectivity index is 2.36. The maximum Gasteiger partial charge on any atom is 0.241 e. The molecule has 0 aliphatic heterocycles. The number of aromatic nitrogens is 1. The van der Waals surface area contributed by atoms with E-state index >= 15 is 0 Å². The van der Waals surface area contributed by atoms with E-state index in [9.17, 15) is 5.21 Å². The van der Waals surface area contributed by atoms with Crippen molar-refractivity contribution >= 4 is 38.9 Å². The number of ether oxygens (including phenoxy) is 1. The summed E-state index contributed by atoms with van der Waals surface area (Å²) >= 11 is 9.60. The summed E-state index contributed by atoms with van der Waals surface area (Å²) in [5.74, 6) is 0.336. The Morgan fingerprint density at radius 3 is 2.70 bits per heavy atom. The predicted molar refractivity (Wildman–Crippen MR) is 96.6 cm³/mol. The molecule has 0 radical (unpaired) electrons. The van der Waals surface area contributed by atoms with Crippen LogP contribution in [-0.2, 0) is 12.8 Å². The van der Waals surface area contributed by atoms with Gasteiger partial charge in [-0.15, -0.1) is 0 Å². The van der Waals surface area contributed by atoms with Crippen LogP contribution in [0, 0.1) is 0 Å². The first kappa shape index (κ1) is 17.8. The Hall–Kier alpha value is -1.50. The highest BCUT2D eigenvalue weighted by molar-refractivity contribution is 9.10. The van der Waals surface area contributed by atoms with Crippen LogP contribution in [-0.4, -0.2) is 17.3 Å². The summed E-state index contributed by atoms with van der Waals surface area (Å²) in [7, 11) is 1.52. The van der Waals surface area contributed by atoms with Gasteiger partial charge in [-0.3, -0.25) is 10.6 Å². The minimum absolute atomic E-state index is 0.336. The van der Waals surface area contributed by atoms with Crippen molar-refractivity contribution in [3.05, 3.63) is 45.0 Å². The molecule has 1 aromatic heterocycles. The summed E-state index contributed by atoms with van der Waals surface area (Å²) in [4.78, 5) is 4.21. The number of hydrazine groups is 1. The maximum absolute atomic E-state index is 10.4. The third-order valence-corrected chi connectivity index (χ3v) is 4.94. The summed E-state index contributed by atoms with van der Waals surface area (Å²) in [5, 5.41) is 12.0. The highest BCUT2D eigenvalue weighted by Gasteiger charge is 2.15. The Kier molecular flexibility index (Phi) is 6.10. The van der Waals surface area contributed by atoms with Gasteiger partial charge in [0, 0.05) is 10.7 Å². The number of nitrogens with one attached hydrogen (secondary N) is 1. The molecule has 0 unspecified atom stereocenters. The zero-order chi connectivity index (χ0) is 17.0. The average molecular weight is 401 g/mol. The van der Waals surface area contributed by atoms with E-state index in [1.165, 1.54) is 7.11 Å². The van der Waals surface area contributed by atoms with Gasteiger partial charge < -0.3 is 4.74 Å². The van der Waals surface area contributed by atoms with Crippen LogP contribution >= 0.6 is 27.5 Å². The molecule has 0 amide bonds. The number of methoxy groups -OCH3 is 1. The molecule has 0 bridgehead atoms. The molecule has 124 valence electrons. The molecule has 0 spiro atoms. The SMILES string of the molecule is CCc1cnc(OC)c(N(O)Nc2ccc(Cl)c(Br)c2CC)c1. The second-order valence-corrected chi connectivity index (χ2v) is 6.09. The summed E-state index contributed by atoms with van der Waals surface area (Å²) < 4.78 is 6.03. The van der Waals surface area contributed by atoms with Crippen LogP contribution in [0.1, 0.15) is 25.0 Å². The smallest absolute Gasteiger partial charge is 0.241 e. The van der Waals surface area contributed by atoms with Gasteiger partial charge >= 0.3 is 0 Å². The first-order valence-electron chi connectivity index (χ1n) is 7.27. The van der Waals surface area contributed by atoms with Crippen molar-refractivity contribution in [2.24, 2.45) is 0 Å². The van der Waals surface area contributed by atoms with Gasteiger partial charge in [0.05, 0.1) is 17.8 Å². The second-order valence-electron chi connectivity index (χ2n) is 4.89. The van der Waals surface area contributed by atoms with Crippen LogP contribution in [0.5, 0.6) is 5.88 Å². The topological polar surface area (TPSA) is 57.6 Å². The van der Waals surface area contributed by atoms with E-state index in [-0.39, 0.29) is 0 Å². The standard InChI is InChI=1S/C16H19BrClN3O2/c1-4-10-8-14(16(23-3)19-9-10)21(22)20-13-7-6-12(18)15(17)11(13)5-2/h6-9,20,22H,4-5H2,1-3H3.